The molecule has 0 aliphatic heterocycles. The zero-order valence-corrected chi connectivity index (χ0v) is 12.3. The standard InChI is InChI=1S/C12H15IN2S/c1-2-3-4-7-15-11-6-5-9(13)8-10(11)14-12(15)16/h5-6,8H,2-4,7H2,1H3,(H,14,16). The number of hydrogen-bond donors (Lipinski definition) is 1. The first-order valence-electron chi connectivity index (χ1n) is 5.60. The van der Waals surface area contributed by atoms with Gasteiger partial charge in [0.05, 0.1) is 11.0 Å². The van der Waals surface area contributed by atoms with Gasteiger partial charge in [-0.25, -0.2) is 0 Å². The Hall–Kier alpha value is -0.360. The first-order valence-corrected chi connectivity index (χ1v) is 7.09. The van der Waals surface area contributed by atoms with Crippen molar-refractivity contribution >= 4 is 45.8 Å². The van der Waals surface area contributed by atoms with Crippen LogP contribution in [0.4, 0.5) is 0 Å². The Morgan fingerprint density at radius 3 is 2.94 bits per heavy atom. The molecule has 4 heteroatoms. The van der Waals surface area contributed by atoms with Crippen LogP contribution in [0, 0.1) is 8.34 Å². The van der Waals surface area contributed by atoms with Crippen LogP contribution in [0.5, 0.6) is 0 Å². The lowest BCUT2D eigenvalue weighted by Gasteiger charge is -2.03. The number of unbranched alkanes of at least 4 members (excludes halogenated alkanes) is 2. The van der Waals surface area contributed by atoms with E-state index in [2.05, 4.69) is 57.3 Å². The first-order chi connectivity index (χ1) is 7.72. The number of benzene rings is 1. The number of nitrogens with zero attached hydrogens (tertiary/aromatic N) is 1. The topological polar surface area (TPSA) is 20.7 Å². The number of aromatic nitrogens is 2. The molecule has 0 spiro atoms. The van der Waals surface area contributed by atoms with Crippen LogP contribution in [-0.2, 0) is 6.54 Å². The van der Waals surface area contributed by atoms with E-state index in [1.807, 2.05) is 0 Å². The van der Waals surface area contributed by atoms with Crippen molar-refractivity contribution in [2.45, 2.75) is 32.7 Å². The second-order valence-electron chi connectivity index (χ2n) is 3.95. The Kier molecular flexibility index (Phi) is 4.02. The number of hydrogen-bond acceptors (Lipinski definition) is 1. The van der Waals surface area contributed by atoms with Gasteiger partial charge in [0.2, 0.25) is 0 Å². The van der Waals surface area contributed by atoms with Crippen LogP contribution < -0.4 is 0 Å². The van der Waals surface area contributed by atoms with Crippen molar-refractivity contribution in [2.24, 2.45) is 0 Å². The number of nitrogens with one attached hydrogen (secondary N) is 1. The van der Waals surface area contributed by atoms with E-state index in [1.165, 1.54) is 28.3 Å². The minimum Gasteiger partial charge on any atom is -0.331 e. The van der Waals surface area contributed by atoms with Crippen molar-refractivity contribution in [1.82, 2.24) is 9.55 Å². The third-order valence-corrected chi connectivity index (χ3v) is 3.71. The van der Waals surface area contributed by atoms with Crippen LogP contribution in [-0.4, -0.2) is 9.55 Å². The summed E-state index contributed by atoms with van der Waals surface area (Å²) < 4.78 is 4.28. The number of H-pyrrole nitrogens is 1. The van der Waals surface area contributed by atoms with Crippen molar-refractivity contribution in [1.29, 1.82) is 0 Å². The Balaban J connectivity index is 2.36. The number of aryl methyl sites for hydroxylation is 1. The summed E-state index contributed by atoms with van der Waals surface area (Å²) >= 11 is 7.67. The summed E-state index contributed by atoms with van der Waals surface area (Å²) in [6.07, 6.45) is 3.70. The van der Waals surface area contributed by atoms with E-state index in [-0.39, 0.29) is 0 Å². The fourth-order valence-corrected chi connectivity index (χ4v) is 2.67. The van der Waals surface area contributed by atoms with Crippen molar-refractivity contribution in [3.63, 3.8) is 0 Å². The van der Waals surface area contributed by atoms with Gasteiger partial charge in [0.1, 0.15) is 0 Å². The summed E-state index contributed by atoms with van der Waals surface area (Å²) in [5, 5.41) is 0. The molecule has 0 bridgehead atoms. The number of halogens is 1. The lowest BCUT2D eigenvalue weighted by atomic mass is 10.2. The van der Waals surface area contributed by atoms with Gasteiger partial charge in [-0.15, -0.1) is 0 Å². The maximum absolute atomic E-state index is 5.35. The predicted molar refractivity (Wildman–Crippen MR) is 79.4 cm³/mol. The van der Waals surface area contributed by atoms with Crippen LogP contribution in [0.15, 0.2) is 18.2 Å². The Morgan fingerprint density at radius 1 is 1.38 bits per heavy atom. The van der Waals surface area contributed by atoms with Gasteiger partial charge < -0.3 is 9.55 Å². The lowest BCUT2D eigenvalue weighted by Crippen LogP contribution is -1.97. The highest BCUT2D eigenvalue weighted by atomic mass is 127. The van der Waals surface area contributed by atoms with E-state index >= 15 is 0 Å². The van der Waals surface area contributed by atoms with Gasteiger partial charge in [0, 0.05) is 10.1 Å². The van der Waals surface area contributed by atoms with Crippen molar-refractivity contribution in [2.75, 3.05) is 0 Å². The molecular weight excluding hydrogens is 331 g/mol. The predicted octanol–water partition coefficient (Wildman–Crippen LogP) is 4.49. The van der Waals surface area contributed by atoms with Gasteiger partial charge in [-0.2, -0.15) is 0 Å². The number of rotatable bonds is 4. The summed E-state index contributed by atoms with van der Waals surface area (Å²) in [5.74, 6) is 0. The maximum atomic E-state index is 5.35. The molecule has 2 aromatic rings. The van der Waals surface area contributed by atoms with E-state index in [0.717, 1.165) is 16.8 Å². The quantitative estimate of drug-likeness (QED) is 0.491. The van der Waals surface area contributed by atoms with E-state index < -0.39 is 0 Å². The Labute approximate surface area is 114 Å². The zero-order valence-electron chi connectivity index (χ0n) is 9.29. The average Bonchev–Trinajstić information content (AvgIpc) is 2.55. The highest BCUT2D eigenvalue weighted by molar-refractivity contribution is 14.1. The normalized spacial score (nSPS) is 11.1. The Morgan fingerprint density at radius 2 is 2.19 bits per heavy atom. The summed E-state index contributed by atoms with van der Waals surface area (Å²) in [5.41, 5.74) is 2.37. The zero-order chi connectivity index (χ0) is 11.5. The van der Waals surface area contributed by atoms with Crippen LogP contribution in [0.1, 0.15) is 26.2 Å². The number of imidazole rings is 1. The highest BCUT2D eigenvalue weighted by Crippen LogP contribution is 2.18. The van der Waals surface area contributed by atoms with Crippen molar-refractivity contribution < 1.29 is 0 Å². The minimum atomic E-state index is 0.841. The molecule has 2 rings (SSSR count). The van der Waals surface area contributed by atoms with Gasteiger partial charge in [0.15, 0.2) is 4.77 Å². The summed E-state index contributed by atoms with van der Waals surface area (Å²) in [4.78, 5) is 3.27. The Bertz CT molecular complexity index is 541. The lowest BCUT2D eigenvalue weighted by molar-refractivity contribution is 0.608. The molecule has 86 valence electrons. The molecule has 0 fully saturated rings. The van der Waals surface area contributed by atoms with E-state index in [4.69, 9.17) is 12.2 Å². The second kappa shape index (κ2) is 5.31. The third-order valence-electron chi connectivity index (χ3n) is 2.72. The molecule has 0 amide bonds. The van der Waals surface area contributed by atoms with Crippen LogP contribution in [0.25, 0.3) is 11.0 Å². The van der Waals surface area contributed by atoms with E-state index in [0.29, 0.717) is 0 Å². The fourth-order valence-electron chi connectivity index (χ4n) is 1.88. The summed E-state index contributed by atoms with van der Waals surface area (Å²) in [6.45, 7) is 3.24. The third kappa shape index (κ3) is 2.48. The van der Waals surface area contributed by atoms with Crippen LogP contribution >= 0.6 is 34.8 Å². The molecule has 0 unspecified atom stereocenters. The largest absolute Gasteiger partial charge is 0.331 e. The maximum Gasteiger partial charge on any atom is 0.178 e. The molecule has 2 nitrogen and oxygen atoms in total. The van der Waals surface area contributed by atoms with E-state index in [1.54, 1.807) is 0 Å². The highest BCUT2D eigenvalue weighted by Gasteiger charge is 2.03. The summed E-state index contributed by atoms with van der Waals surface area (Å²) in [7, 11) is 0. The minimum absolute atomic E-state index is 0.841. The first kappa shape index (κ1) is 12.1. The molecule has 0 atom stereocenters. The monoisotopic (exact) mass is 346 g/mol. The SMILES string of the molecule is CCCCCn1c(=S)[nH]c2cc(I)ccc21. The van der Waals surface area contributed by atoms with Gasteiger partial charge in [-0.3, -0.25) is 0 Å². The van der Waals surface area contributed by atoms with Crippen molar-refractivity contribution in [3.8, 4) is 0 Å². The van der Waals surface area contributed by atoms with Crippen LogP contribution in [0.2, 0.25) is 0 Å². The molecule has 0 saturated heterocycles. The molecule has 1 aromatic carbocycles. The number of aromatic amines is 1. The van der Waals surface area contributed by atoms with Gasteiger partial charge in [0.25, 0.3) is 0 Å². The second-order valence-corrected chi connectivity index (χ2v) is 5.58. The average molecular weight is 346 g/mol. The van der Waals surface area contributed by atoms with Gasteiger partial charge >= 0.3 is 0 Å². The van der Waals surface area contributed by atoms with Gasteiger partial charge in [-0.05, 0) is 59.4 Å². The molecule has 0 aliphatic carbocycles. The smallest absolute Gasteiger partial charge is 0.178 e. The number of fused-ring (bicyclic) bond motifs is 1. The fraction of sp³-hybridized carbons (Fsp3) is 0.417. The summed E-state index contributed by atoms with van der Waals surface area (Å²) in [6, 6.07) is 6.42. The molecule has 0 radical (unpaired) electrons. The van der Waals surface area contributed by atoms with E-state index in [9.17, 15) is 0 Å². The van der Waals surface area contributed by atoms with Gasteiger partial charge in [-0.1, -0.05) is 19.8 Å². The van der Waals surface area contributed by atoms with Crippen LogP contribution in [0.3, 0.4) is 0 Å². The van der Waals surface area contributed by atoms with Crippen molar-refractivity contribution in [3.05, 3.63) is 26.5 Å². The molecule has 0 aliphatic rings. The molecular formula is C12H15IN2S. The molecule has 0 saturated carbocycles. The molecule has 1 heterocycles. The molecule has 1 aromatic heterocycles. The molecule has 16 heavy (non-hydrogen) atoms. The molecule has 1 N–H and O–H groups in total.